The Morgan fingerprint density at radius 1 is 1.13 bits per heavy atom. The van der Waals surface area contributed by atoms with E-state index in [0.29, 0.717) is 22.2 Å². The minimum absolute atomic E-state index is 0.230. The van der Waals surface area contributed by atoms with Gasteiger partial charge in [0.1, 0.15) is 5.75 Å². The Hall–Kier alpha value is -1.71. The average molecular weight is 352 g/mol. The van der Waals surface area contributed by atoms with Crippen LogP contribution in [0.5, 0.6) is 5.75 Å². The third-order valence-electron chi connectivity index (χ3n) is 3.41. The summed E-state index contributed by atoms with van der Waals surface area (Å²) >= 11 is 11.9. The fourth-order valence-corrected chi connectivity index (χ4v) is 2.68. The zero-order chi connectivity index (χ0) is 17.0. The highest BCUT2D eigenvalue weighted by molar-refractivity contribution is 6.35. The number of nitrogens with one attached hydrogen (secondary N) is 1. The van der Waals surface area contributed by atoms with Crippen LogP contribution in [0, 0.1) is 13.8 Å². The minimum Gasteiger partial charge on any atom is -0.480 e. The van der Waals surface area contributed by atoms with E-state index in [9.17, 15) is 4.79 Å². The quantitative estimate of drug-likeness (QED) is 0.782. The zero-order valence-electron chi connectivity index (χ0n) is 13.3. The van der Waals surface area contributed by atoms with Crippen molar-refractivity contribution in [3.8, 4) is 5.75 Å². The summed E-state index contributed by atoms with van der Waals surface area (Å²) < 4.78 is 5.89. The second kappa shape index (κ2) is 7.71. The number of carbonyl (C=O) groups is 1. The molecule has 0 saturated carbocycles. The van der Waals surface area contributed by atoms with Gasteiger partial charge in [0.2, 0.25) is 0 Å². The predicted octanol–water partition coefficient (Wildman–Crippen LogP) is 5.41. The van der Waals surface area contributed by atoms with Crippen LogP contribution in [0.3, 0.4) is 0 Å². The number of carbonyl (C=O) groups excluding carboxylic acids is 1. The summed E-state index contributed by atoms with van der Waals surface area (Å²) in [5.41, 5.74) is 2.63. The fourth-order valence-electron chi connectivity index (χ4n) is 2.16. The van der Waals surface area contributed by atoms with E-state index in [-0.39, 0.29) is 5.91 Å². The molecular weight excluding hydrogens is 333 g/mol. The normalized spacial score (nSPS) is 11.9. The standard InChI is InChI=1S/C18H19Cl2NO2/c1-4-16(23-17-7-11(2)5-6-12(17)3)18(22)21-15-9-13(19)8-14(20)10-15/h5-10,16H,4H2,1-3H3,(H,21,22)/t16-/m0/s1. The molecule has 0 aliphatic heterocycles. The first-order chi connectivity index (χ1) is 10.9. The maximum Gasteiger partial charge on any atom is 0.265 e. The highest BCUT2D eigenvalue weighted by atomic mass is 35.5. The zero-order valence-corrected chi connectivity index (χ0v) is 14.8. The Morgan fingerprint density at radius 2 is 1.78 bits per heavy atom. The molecule has 0 saturated heterocycles. The molecule has 3 nitrogen and oxygen atoms in total. The molecule has 0 fully saturated rings. The maximum atomic E-state index is 12.4. The number of halogens is 2. The molecule has 0 unspecified atom stereocenters. The number of hydrogen-bond donors (Lipinski definition) is 1. The van der Waals surface area contributed by atoms with Gasteiger partial charge < -0.3 is 10.1 Å². The lowest BCUT2D eigenvalue weighted by molar-refractivity contribution is -0.122. The summed E-state index contributed by atoms with van der Waals surface area (Å²) in [4.78, 5) is 12.4. The van der Waals surface area contributed by atoms with Crippen molar-refractivity contribution in [2.45, 2.75) is 33.3 Å². The van der Waals surface area contributed by atoms with Crippen LogP contribution in [0.25, 0.3) is 0 Å². The number of ether oxygens (including phenoxy) is 1. The molecule has 1 N–H and O–H groups in total. The van der Waals surface area contributed by atoms with E-state index in [4.69, 9.17) is 27.9 Å². The third kappa shape index (κ3) is 4.88. The van der Waals surface area contributed by atoms with E-state index in [0.717, 1.165) is 16.9 Å². The minimum atomic E-state index is -0.590. The summed E-state index contributed by atoms with van der Waals surface area (Å²) in [6.07, 6.45) is -0.0405. The largest absolute Gasteiger partial charge is 0.480 e. The molecule has 1 amide bonds. The summed E-state index contributed by atoms with van der Waals surface area (Å²) in [6, 6.07) is 10.8. The van der Waals surface area contributed by atoms with Crippen molar-refractivity contribution in [3.05, 3.63) is 57.6 Å². The second-order valence-corrected chi connectivity index (χ2v) is 6.30. The summed E-state index contributed by atoms with van der Waals surface area (Å²) in [7, 11) is 0. The predicted molar refractivity (Wildman–Crippen MR) is 95.7 cm³/mol. The van der Waals surface area contributed by atoms with Crippen LogP contribution < -0.4 is 10.1 Å². The van der Waals surface area contributed by atoms with Gasteiger partial charge in [0.25, 0.3) is 5.91 Å². The van der Waals surface area contributed by atoms with Crippen LogP contribution >= 0.6 is 23.2 Å². The monoisotopic (exact) mass is 351 g/mol. The van der Waals surface area contributed by atoms with Gasteiger partial charge >= 0.3 is 0 Å². The molecule has 0 aliphatic carbocycles. The summed E-state index contributed by atoms with van der Waals surface area (Å²) in [5.74, 6) is 0.489. The first-order valence-corrected chi connectivity index (χ1v) is 8.15. The highest BCUT2D eigenvalue weighted by Crippen LogP contribution is 2.24. The molecular formula is C18H19Cl2NO2. The van der Waals surface area contributed by atoms with Gasteiger partial charge in [-0.3, -0.25) is 4.79 Å². The third-order valence-corrected chi connectivity index (χ3v) is 3.84. The summed E-state index contributed by atoms with van der Waals surface area (Å²) in [5, 5.41) is 3.73. The van der Waals surface area contributed by atoms with Gasteiger partial charge in [-0.2, -0.15) is 0 Å². The highest BCUT2D eigenvalue weighted by Gasteiger charge is 2.19. The van der Waals surface area contributed by atoms with E-state index in [1.165, 1.54) is 0 Å². The molecule has 0 spiro atoms. The van der Waals surface area contributed by atoms with Crippen molar-refractivity contribution in [1.82, 2.24) is 0 Å². The Kier molecular flexibility index (Phi) is 5.91. The number of rotatable bonds is 5. The van der Waals surface area contributed by atoms with Crippen LogP contribution in [0.1, 0.15) is 24.5 Å². The van der Waals surface area contributed by atoms with E-state index >= 15 is 0 Å². The maximum absolute atomic E-state index is 12.4. The first kappa shape index (κ1) is 17.6. The van der Waals surface area contributed by atoms with Crippen molar-refractivity contribution in [2.24, 2.45) is 0 Å². The van der Waals surface area contributed by atoms with Crippen LogP contribution in [0.15, 0.2) is 36.4 Å². The van der Waals surface area contributed by atoms with Gasteiger partial charge in [0.15, 0.2) is 6.10 Å². The van der Waals surface area contributed by atoms with Gasteiger partial charge in [-0.25, -0.2) is 0 Å². The van der Waals surface area contributed by atoms with E-state index in [2.05, 4.69) is 5.32 Å². The van der Waals surface area contributed by atoms with Crippen LogP contribution in [-0.4, -0.2) is 12.0 Å². The van der Waals surface area contributed by atoms with Crippen LogP contribution in [0.4, 0.5) is 5.69 Å². The van der Waals surface area contributed by atoms with Crippen molar-refractivity contribution in [3.63, 3.8) is 0 Å². The van der Waals surface area contributed by atoms with E-state index < -0.39 is 6.10 Å². The first-order valence-electron chi connectivity index (χ1n) is 7.40. The lowest BCUT2D eigenvalue weighted by Crippen LogP contribution is -2.32. The van der Waals surface area contributed by atoms with Gasteiger partial charge in [0, 0.05) is 15.7 Å². The Morgan fingerprint density at radius 3 is 2.39 bits per heavy atom. The molecule has 0 aliphatic rings. The van der Waals surface area contributed by atoms with Gasteiger partial charge in [0.05, 0.1) is 0 Å². The van der Waals surface area contributed by atoms with Gasteiger partial charge in [-0.1, -0.05) is 42.3 Å². The van der Waals surface area contributed by atoms with Crippen molar-refractivity contribution < 1.29 is 9.53 Å². The lowest BCUT2D eigenvalue weighted by atomic mass is 10.1. The Bertz CT molecular complexity index is 696. The lowest BCUT2D eigenvalue weighted by Gasteiger charge is -2.19. The molecule has 0 aromatic heterocycles. The second-order valence-electron chi connectivity index (χ2n) is 5.43. The Balaban J connectivity index is 2.13. The van der Waals surface area contributed by atoms with Crippen molar-refractivity contribution in [2.75, 3.05) is 5.32 Å². The number of anilines is 1. The molecule has 23 heavy (non-hydrogen) atoms. The summed E-state index contributed by atoms with van der Waals surface area (Å²) in [6.45, 7) is 5.84. The molecule has 0 bridgehead atoms. The Labute approximate surface area is 146 Å². The molecule has 2 aromatic carbocycles. The molecule has 0 radical (unpaired) electrons. The number of hydrogen-bond acceptors (Lipinski definition) is 2. The molecule has 2 aromatic rings. The molecule has 2 rings (SSSR count). The molecule has 1 atom stereocenters. The molecule has 5 heteroatoms. The molecule has 122 valence electrons. The fraction of sp³-hybridized carbons (Fsp3) is 0.278. The van der Waals surface area contributed by atoms with Crippen molar-refractivity contribution >= 4 is 34.8 Å². The SMILES string of the molecule is CC[C@H](Oc1cc(C)ccc1C)C(=O)Nc1cc(Cl)cc(Cl)c1. The van der Waals surface area contributed by atoms with Crippen LogP contribution in [0.2, 0.25) is 10.0 Å². The number of amides is 1. The van der Waals surface area contributed by atoms with E-state index in [1.54, 1.807) is 18.2 Å². The topological polar surface area (TPSA) is 38.3 Å². The van der Waals surface area contributed by atoms with E-state index in [1.807, 2.05) is 39.0 Å². The van der Waals surface area contributed by atoms with Gasteiger partial charge in [-0.15, -0.1) is 0 Å². The van der Waals surface area contributed by atoms with Crippen molar-refractivity contribution in [1.29, 1.82) is 0 Å². The average Bonchev–Trinajstić information content (AvgIpc) is 2.46. The number of aryl methyl sites for hydroxylation is 2. The van der Waals surface area contributed by atoms with Crippen LogP contribution in [-0.2, 0) is 4.79 Å². The number of benzene rings is 2. The smallest absolute Gasteiger partial charge is 0.265 e. The molecule has 0 heterocycles. The van der Waals surface area contributed by atoms with Gasteiger partial charge in [-0.05, 0) is 55.7 Å².